The fourth-order valence-corrected chi connectivity index (χ4v) is 3.41. The molecule has 0 bridgehead atoms. The maximum Gasteiger partial charge on any atom is 0.216 e. The van der Waals surface area contributed by atoms with Crippen molar-refractivity contribution in [1.82, 2.24) is 0 Å². The first kappa shape index (κ1) is 19.3. The van der Waals surface area contributed by atoms with Gasteiger partial charge < -0.3 is 14.2 Å². The number of hydrogen-bond donors (Lipinski definition) is 0. The first-order valence-electron chi connectivity index (χ1n) is 7.29. The van der Waals surface area contributed by atoms with Gasteiger partial charge in [-0.15, -0.1) is 0 Å². The van der Waals surface area contributed by atoms with Crippen molar-refractivity contribution in [3.05, 3.63) is 52.7 Å². The normalized spacial score (nSPS) is 11.6. The molecular formula is C18H16FNO5S. The first-order valence-corrected chi connectivity index (χ1v) is 8.78. The van der Waals surface area contributed by atoms with Crippen LogP contribution in [-0.4, -0.2) is 29.7 Å². The summed E-state index contributed by atoms with van der Waals surface area (Å²) in [5, 5.41) is 9.33. The number of halogens is 1. The van der Waals surface area contributed by atoms with Crippen LogP contribution in [0.3, 0.4) is 0 Å². The lowest BCUT2D eigenvalue weighted by Gasteiger charge is -2.13. The number of allylic oxidation sites excluding steroid dienone is 1. The van der Waals surface area contributed by atoms with Crippen molar-refractivity contribution < 1.29 is 27.0 Å². The number of hydrogen-bond acceptors (Lipinski definition) is 6. The lowest BCUT2D eigenvalue weighted by Crippen LogP contribution is -2.04. The summed E-state index contributed by atoms with van der Waals surface area (Å²) in [5.74, 6) is 0.396. The summed E-state index contributed by atoms with van der Waals surface area (Å²) in [5.41, 5.74) is 0.363. The minimum absolute atomic E-state index is 0.181. The van der Waals surface area contributed by atoms with Crippen LogP contribution in [-0.2, 0) is 9.84 Å². The van der Waals surface area contributed by atoms with Crippen LogP contribution in [0.4, 0.5) is 4.39 Å². The van der Waals surface area contributed by atoms with Gasteiger partial charge in [-0.05, 0) is 48.0 Å². The van der Waals surface area contributed by atoms with Gasteiger partial charge in [0.25, 0.3) is 0 Å². The van der Waals surface area contributed by atoms with Gasteiger partial charge in [0.15, 0.2) is 11.5 Å². The van der Waals surface area contributed by atoms with E-state index in [1.807, 2.05) is 0 Å². The van der Waals surface area contributed by atoms with Crippen LogP contribution in [0.5, 0.6) is 17.2 Å². The van der Waals surface area contributed by atoms with Gasteiger partial charge >= 0.3 is 0 Å². The van der Waals surface area contributed by atoms with Gasteiger partial charge in [0.2, 0.25) is 15.6 Å². The number of ether oxygens (including phenoxy) is 3. The monoisotopic (exact) mass is 377 g/mol. The Morgan fingerprint density at radius 1 is 1.04 bits per heavy atom. The molecule has 0 aliphatic rings. The average molecular weight is 377 g/mol. The van der Waals surface area contributed by atoms with Gasteiger partial charge in [-0.25, -0.2) is 12.8 Å². The Morgan fingerprint density at radius 2 is 1.58 bits per heavy atom. The predicted molar refractivity (Wildman–Crippen MR) is 93.3 cm³/mol. The molecule has 136 valence electrons. The van der Waals surface area contributed by atoms with E-state index in [1.54, 1.807) is 6.07 Å². The molecule has 0 amide bonds. The largest absolute Gasteiger partial charge is 0.493 e. The topological polar surface area (TPSA) is 85.6 Å². The van der Waals surface area contributed by atoms with E-state index in [0.29, 0.717) is 22.8 Å². The standard InChI is InChI=1S/C18H16FNO5S/c1-23-16-9-12(10-17(24-2)18(16)25-3)8-15(11-20)26(21,22)14-6-4-13(19)5-7-14/h4-10H,1-3H3. The van der Waals surface area contributed by atoms with Crippen LogP contribution in [0.15, 0.2) is 46.2 Å². The number of benzene rings is 2. The number of nitrogens with zero attached hydrogens (tertiary/aromatic N) is 1. The maximum absolute atomic E-state index is 13.0. The van der Waals surface area contributed by atoms with E-state index in [4.69, 9.17) is 14.2 Å². The molecule has 0 aliphatic carbocycles. The molecule has 8 heteroatoms. The second-order valence-corrected chi connectivity index (χ2v) is 6.95. The van der Waals surface area contributed by atoms with Crippen molar-refractivity contribution in [2.75, 3.05) is 21.3 Å². The zero-order chi connectivity index (χ0) is 19.3. The van der Waals surface area contributed by atoms with Gasteiger partial charge in [-0.1, -0.05) is 0 Å². The minimum atomic E-state index is -4.10. The molecule has 0 heterocycles. The molecule has 0 saturated carbocycles. The van der Waals surface area contributed by atoms with E-state index in [2.05, 4.69) is 0 Å². The lowest BCUT2D eigenvalue weighted by atomic mass is 10.1. The van der Waals surface area contributed by atoms with Gasteiger partial charge in [0.05, 0.1) is 26.2 Å². The maximum atomic E-state index is 13.0. The van der Waals surface area contributed by atoms with Crippen LogP contribution in [0, 0.1) is 17.1 Å². The fourth-order valence-electron chi connectivity index (χ4n) is 2.25. The van der Waals surface area contributed by atoms with Crippen molar-refractivity contribution in [3.8, 4) is 23.3 Å². The Bertz CT molecular complexity index is 951. The minimum Gasteiger partial charge on any atom is -0.493 e. The summed E-state index contributed by atoms with van der Waals surface area (Å²) in [6, 6.07) is 8.93. The summed E-state index contributed by atoms with van der Waals surface area (Å²) in [6.45, 7) is 0. The summed E-state index contributed by atoms with van der Waals surface area (Å²) < 4.78 is 53.9. The summed E-state index contributed by atoms with van der Waals surface area (Å²) in [7, 11) is 0.183. The highest BCUT2D eigenvalue weighted by Crippen LogP contribution is 2.39. The smallest absolute Gasteiger partial charge is 0.216 e. The Kier molecular flexibility index (Phi) is 5.85. The van der Waals surface area contributed by atoms with E-state index in [0.717, 1.165) is 24.3 Å². The third kappa shape index (κ3) is 3.78. The van der Waals surface area contributed by atoms with E-state index >= 15 is 0 Å². The molecule has 0 aromatic heterocycles. The first-order chi connectivity index (χ1) is 12.4. The zero-order valence-electron chi connectivity index (χ0n) is 14.3. The molecule has 2 rings (SSSR count). The van der Waals surface area contributed by atoms with Crippen LogP contribution in [0.1, 0.15) is 5.56 Å². The molecule has 0 atom stereocenters. The van der Waals surface area contributed by atoms with Crippen molar-refractivity contribution in [3.63, 3.8) is 0 Å². The van der Waals surface area contributed by atoms with E-state index < -0.39 is 20.6 Å². The van der Waals surface area contributed by atoms with Crippen molar-refractivity contribution in [2.45, 2.75) is 4.90 Å². The van der Waals surface area contributed by atoms with E-state index in [1.165, 1.54) is 39.5 Å². The highest BCUT2D eigenvalue weighted by Gasteiger charge is 2.22. The highest BCUT2D eigenvalue weighted by atomic mass is 32.2. The zero-order valence-corrected chi connectivity index (χ0v) is 15.1. The summed E-state index contributed by atoms with van der Waals surface area (Å²) in [6.07, 6.45) is 1.18. The SMILES string of the molecule is COc1cc(C=C(C#N)S(=O)(=O)c2ccc(F)cc2)cc(OC)c1OC. The second kappa shape index (κ2) is 7.89. The highest BCUT2D eigenvalue weighted by molar-refractivity contribution is 7.95. The van der Waals surface area contributed by atoms with Crippen molar-refractivity contribution >= 4 is 15.9 Å². The fraction of sp³-hybridized carbons (Fsp3) is 0.167. The molecule has 6 nitrogen and oxygen atoms in total. The van der Waals surface area contributed by atoms with Gasteiger partial charge in [-0.2, -0.15) is 5.26 Å². The number of methoxy groups -OCH3 is 3. The van der Waals surface area contributed by atoms with E-state index in [-0.39, 0.29) is 4.90 Å². The lowest BCUT2D eigenvalue weighted by molar-refractivity contribution is 0.324. The number of rotatable bonds is 6. The van der Waals surface area contributed by atoms with Crippen LogP contribution in [0.25, 0.3) is 6.08 Å². The van der Waals surface area contributed by atoms with E-state index in [9.17, 15) is 18.1 Å². The molecule has 0 aliphatic heterocycles. The molecule has 2 aromatic carbocycles. The van der Waals surface area contributed by atoms with Gasteiger partial charge in [-0.3, -0.25) is 0 Å². The predicted octanol–water partition coefficient (Wildman–Crippen LogP) is 3.19. The quantitative estimate of drug-likeness (QED) is 0.568. The van der Waals surface area contributed by atoms with Crippen molar-refractivity contribution in [1.29, 1.82) is 5.26 Å². The third-order valence-electron chi connectivity index (χ3n) is 3.51. The molecule has 0 radical (unpaired) electrons. The Morgan fingerprint density at radius 3 is 2.00 bits per heavy atom. The molecule has 2 aromatic rings. The Balaban J connectivity index is 2.59. The molecule has 0 fully saturated rings. The average Bonchev–Trinajstić information content (AvgIpc) is 2.65. The molecule has 0 spiro atoms. The Labute approximate surface area is 151 Å². The summed E-state index contributed by atoms with van der Waals surface area (Å²) >= 11 is 0. The molecule has 0 saturated heterocycles. The molecular weight excluding hydrogens is 361 g/mol. The third-order valence-corrected chi connectivity index (χ3v) is 5.19. The molecule has 26 heavy (non-hydrogen) atoms. The van der Waals surface area contributed by atoms with Gasteiger partial charge in [0.1, 0.15) is 16.8 Å². The van der Waals surface area contributed by atoms with Crippen LogP contribution >= 0.6 is 0 Å². The summed E-state index contributed by atoms with van der Waals surface area (Å²) in [4.78, 5) is -0.683. The molecule has 0 unspecified atom stereocenters. The van der Waals surface area contributed by atoms with Crippen LogP contribution < -0.4 is 14.2 Å². The molecule has 0 N–H and O–H groups in total. The van der Waals surface area contributed by atoms with Crippen molar-refractivity contribution in [2.24, 2.45) is 0 Å². The Hall–Kier alpha value is -3.05. The van der Waals surface area contributed by atoms with Gasteiger partial charge in [0, 0.05) is 0 Å². The van der Waals surface area contributed by atoms with Crippen LogP contribution in [0.2, 0.25) is 0 Å². The number of nitriles is 1. The second-order valence-electron chi connectivity index (χ2n) is 5.04. The number of sulfone groups is 1.